The first kappa shape index (κ1) is 36.8. The van der Waals surface area contributed by atoms with Gasteiger partial charge in [0.15, 0.2) is 0 Å². The van der Waals surface area contributed by atoms with Crippen LogP contribution >= 0.6 is 0 Å². The summed E-state index contributed by atoms with van der Waals surface area (Å²) in [6.45, 7) is 20.9. The van der Waals surface area contributed by atoms with Gasteiger partial charge >= 0.3 is 23.9 Å². The van der Waals surface area contributed by atoms with Crippen LogP contribution in [-0.2, 0) is 38.1 Å². The number of hydrogen-bond acceptors (Lipinski definition) is 11. The summed E-state index contributed by atoms with van der Waals surface area (Å²) in [5, 5.41) is 0. The third-order valence-electron chi connectivity index (χ3n) is 4.56. The van der Waals surface area contributed by atoms with E-state index >= 15 is 0 Å². The molecule has 0 bridgehead atoms. The molecule has 0 aliphatic rings. The van der Waals surface area contributed by atoms with Gasteiger partial charge in [-0.15, -0.1) is 0 Å². The van der Waals surface area contributed by atoms with Crippen molar-refractivity contribution in [1.82, 2.24) is 9.80 Å². The second kappa shape index (κ2) is 14.9. The van der Waals surface area contributed by atoms with E-state index in [0.29, 0.717) is 0 Å². The number of nitrogens with zero attached hydrogens (tertiary/aromatic N) is 2. The Morgan fingerprint density at radius 3 is 1.28 bits per heavy atom. The molecule has 0 aromatic carbocycles. The Balaban J connectivity index is 6.03. The number of carbonyl (C=O) groups excluding carboxylic acids is 4. The van der Waals surface area contributed by atoms with Crippen LogP contribution in [0.1, 0.15) is 89.5 Å². The Morgan fingerprint density at radius 1 is 0.590 bits per heavy atom. The van der Waals surface area contributed by atoms with E-state index in [1.54, 1.807) is 92.9 Å². The summed E-state index contributed by atoms with van der Waals surface area (Å²) in [6.07, 6.45) is 0.232. The Labute approximate surface area is 235 Å². The molecule has 0 fully saturated rings. The maximum atomic E-state index is 13.1. The van der Waals surface area contributed by atoms with Crippen molar-refractivity contribution in [2.24, 2.45) is 5.73 Å². The van der Waals surface area contributed by atoms with E-state index in [1.807, 2.05) is 0 Å². The number of hydrogen-bond donors (Lipinski definition) is 1. The van der Waals surface area contributed by atoms with Gasteiger partial charge in [0.25, 0.3) is 0 Å². The van der Waals surface area contributed by atoms with E-state index in [-0.39, 0.29) is 45.7 Å². The van der Waals surface area contributed by atoms with Gasteiger partial charge in [-0.05, 0) is 96.1 Å². The highest BCUT2D eigenvalue weighted by atomic mass is 16.6. The lowest BCUT2D eigenvalue weighted by Gasteiger charge is -2.34. The average Bonchev–Trinajstić information content (AvgIpc) is 2.63. The topological polar surface area (TPSA) is 138 Å². The van der Waals surface area contributed by atoms with Gasteiger partial charge in [-0.1, -0.05) is 0 Å². The fraction of sp³-hybridized carbons (Fsp3) is 0.857. The van der Waals surface area contributed by atoms with Crippen LogP contribution in [0.3, 0.4) is 0 Å². The third kappa shape index (κ3) is 19.5. The monoisotopic (exact) mass is 559 g/mol. The fourth-order valence-corrected chi connectivity index (χ4v) is 3.46. The molecule has 0 radical (unpaired) electrons. The van der Waals surface area contributed by atoms with Gasteiger partial charge in [0, 0.05) is 13.1 Å². The Hall–Kier alpha value is -2.24. The molecule has 0 unspecified atom stereocenters. The summed E-state index contributed by atoms with van der Waals surface area (Å²) >= 11 is 0. The largest absolute Gasteiger partial charge is 0.459 e. The highest BCUT2D eigenvalue weighted by molar-refractivity contribution is 5.78. The van der Waals surface area contributed by atoms with Crippen LogP contribution in [0.4, 0.5) is 0 Å². The molecule has 11 heteroatoms. The first-order valence-corrected chi connectivity index (χ1v) is 13.5. The molecule has 0 aliphatic carbocycles. The van der Waals surface area contributed by atoms with E-state index < -0.39 is 52.3 Å². The summed E-state index contributed by atoms with van der Waals surface area (Å²) in [5.41, 5.74) is 2.93. The normalized spacial score (nSPS) is 13.7. The Kier molecular flexibility index (Phi) is 14.1. The number of carbonyl (C=O) groups is 4. The summed E-state index contributed by atoms with van der Waals surface area (Å²) in [5.74, 6) is -2.09. The highest BCUT2D eigenvalue weighted by Crippen LogP contribution is 2.16. The van der Waals surface area contributed by atoms with Crippen LogP contribution in [0.2, 0.25) is 0 Å². The van der Waals surface area contributed by atoms with E-state index in [2.05, 4.69) is 0 Å². The molecule has 0 aliphatic heterocycles. The van der Waals surface area contributed by atoms with Crippen molar-refractivity contribution in [3.05, 3.63) is 0 Å². The maximum absolute atomic E-state index is 13.1. The summed E-state index contributed by atoms with van der Waals surface area (Å²) in [7, 11) is 0. The predicted molar refractivity (Wildman–Crippen MR) is 149 cm³/mol. The molecule has 0 heterocycles. The quantitative estimate of drug-likeness (QED) is 0.263. The molecule has 0 amide bonds. The molecular formula is C28H53N3O8. The minimum atomic E-state index is -0.841. The van der Waals surface area contributed by atoms with Gasteiger partial charge < -0.3 is 24.7 Å². The molecule has 0 aromatic rings. The van der Waals surface area contributed by atoms with Gasteiger partial charge in [0.2, 0.25) is 0 Å². The van der Waals surface area contributed by atoms with E-state index in [1.165, 1.54) is 0 Å². The fourth-order valence-electron chi connectivity index (χ4n) is 3.46. The predicted octanol–water partition coefficient (Wildman–Crippen LogP) is 2.67. The lowest BCUT2D eigenvalue weighted by Crippen LogP contribution is -2.51. The number of esters is 4. The second-order valence-electron chi connectivity index (χ2n) is 13.6. The minimum absolute atomic E-state index is 0.134. The van der Waals surface area contributed by atoms with Crippen molar-refractivity contribution < 1.29 is 38.1 Å². The van der Waals surface area contributed by atoms with Gasteiger partial charge in [-0.25, -0.2) is 0 Å². The molecule has 0 rings (SSSR count). The summed E-state index contributed by atoms with van der Waals surface area (Å²) in [4.78, 5) is 54.4. The van der Waals surface area contributed by atoms with Crippen molar-refractivity contribution in [2.75, 3.05) is 39.3 Å². The van der Waals surface area contributed by atoms with Crippen molar-refractivity contribution in [3.8, 4) is 0 Å². The number of ether oxygens (including phenoxy) is 4. The molecule has 0 saturated heterocycles. The van der Waals surface area contributed by atoms with Crippen molar-refractivity contribution in [3.63, 3.8) is 0 Å². The highest BCUT2D eigenvalue weighted by Gasteiger charge is 2.33. The number of nitrogens with two attached hydrogens (primary N) is 1. The molecule has 0 spiro atoms. The molecular weight excluding hydrogens is 506 g/mol. The van der Waals surface area contributed by atoms with Gasteiger partial charge in [-0.3, -0.25) is 29.0 Å². The summed E-state index contributed by atoms with van der Waals surface area (Å²) in [6, 6.07) is -0.841. The SMILES string of the molecule is CC(C)(C)OC(=O)CN(CCN(CC(=O)OC(C)(C)C)[C@@H](CCN)C(=O)OC(C)(C)C)CC(=O)OC(C)(C)C. The first-order valence-electron chi connectivity index (χ1n) is 13.5. The Morgan fingerprint density at radius 2 is 0.949 bits per heavy atom. The summed E-state index contributed by atoms with van der Waals surface area (Å²) < 4.78 is 22.0. The molecule has 0 aromatic heterocycles. The third-order valence-corrected chi connectivity index (χ3v) is 4.56. The minimum Gasteiger partial charge on any atom is -0.459 e. The van der Waals surface area contributed by atoms with Crippen LogP contribution in [0.15, 0.2) is 0 Å². The Bertz CT molecular complexity index is 787. The van der Waals surface area contributed by atoms with Gasteiger partial charge in [-0.2, -0.15) is 0 Å². The van der Waals surface area contributed by atoms with Crippen LogP contribution < -0.4 is 5.73 Å². The van der Waals surface area contributed by atoms with Crippen molar-refractivity contribution >= 4 is 23.9 Å². The van der Waals surface area contributed by atoms with Gasteiger partial charge in [0.1, 0.15) is 28.4 Å². The van der Waals surface area contributed by atoms with Crippen LogP contribution in [-0.4, -0.2) is 101 Å². The molecule has 1 atom stereocenters. The standard InChI is InChI=1S/C28H53N3O8/c1-25(2,3)36-21(32)17-30(18-22(33)37-26(4,5)6)15-16-31(19-23(34)38-27(7,8)9)20(13-14-29)24(35)39-28(10,11)12/h20H,13-19,29H2,1-12H3/t20-/m0/s1. The zero-order valence-electron chi connectivity index (χ0n) is 26.3. The maximum Gasteiger partial charge on any atom is 0.323 e. The molecule has 39 heavy (non-hydrogen) atoms. The molecule has 0 saturated carbocycles. The van der Waals surface area contributed by atoms with Crippen LogP contribution in [0, 0.1) is 0 Å². The average molecular weight is 560 g/mol. The van der Waals surface area contributed by atoms with Crippen LogP contribution in [0.5, 0.6) is 0 Å². The van der Waals surface area contributed by atoms with E-state index in [9.17, 15) is 19.2 Å². The molecule has 11 nitrogen and oxygen atoms in total. The second-order valence-corrected chi connectivity index (χ2v) is 13.6. The zero-order chi connectivity index (χ0) is 30.8. The van der Waals surface area contributed by atoms with E-state index in [4.69, 9.17) is 24.7 Å². The van der Waals surface area contributed by atoms with Crippen LogP contribution in [0.25, 0.3) is 0 Å². The smallest absolute Gasteiger partial charge is 0.323 e. The van der Waals surface area contributed by atoms with Crippen molar-refractivity contribution in [1.29, 1.82) is 0 Å². The molecule has 2 N–H and O–H groups in total. The lowest BCUT2D eigenvalue weighted by molar-refractivity contribution is -0.167. The van der Waals surface area contributed by atoms with E-state index in [0.717, 1.165) is 0 Å². The first-order chi connectivity index (χ1) is 17.4. The number of rotatable bonds is 13. The van der Waals surface area contributed by atoms with Crippen molar-refractivity contribution in [2.45, 2.75) is 118 Å². The molecule has 228 valence electrons. The van der Waals surface area contributed by atoms with Gasteiger partial charge in [0.05, 0.1) is 19.6 Å². The zero-order valence-corrected chi connectivity index (χ0v) is 26.3. The lowest BCUT2D eigenvalue weighted by atomic mass is 10.1.